The Morgan fingerprint density at radius 3 is 2.72 bits per heavy atom. The zero-order valence-corrected chi connectivity index (χ0v) is 9.80. The zero-order chi connectivity index (χ0) is 13.3. The van der Waals surface area contributed by atoms with Gasteiger partial charge in [0.1, 0.15) is 5.76 Å². The molecule has 0 saturated heterocycles. The van der Waals surface area contributed by atoms with Crippen LogP contribution >= 0.6 is 0 Å². The van der Waals surface area contributed by atoms with Crippen molar-refractivity contribution < 1.29 is 24.2 Å². The van der Waals surface area contributed by atoms with E-state index >= 15 is 0 Å². The summed E-state index contributed by atoms with van der Waals surface area (Å²) in [6.45, 7) is 1.53. The third-order valence-corrected chi connectivity index (χ3v) is 2.43. The Hall–Kier alpha value is -2.50. The average molecular weight is 249 g/mol. The normalized spacial score (nSPS) is 10.3. The third-order valence-electron chi connectivity index (χ3n) is 2.43. The summed E-state index contributed by atoms with van der Waals surface area (Å²) in [6.07, 6.45) is 0. The second kappa shape index (κ2) is 4.40. The van der Waals surface area contributed by atoms with Crippen molar-refractivity contribution in [3.63, 3.8) is 0 Å². The van der Waals surface area contributed by atoms with Crippen LogP contribution in [0, 0.1) is 6.92 Å². The SMILES string of the molecule is COc1cc(-c2nc(C(=O)O)c(C)o2)ccc1O. The first-order valence-corrected chi connectivity index (χ1v) is 5.11. The zero-order valence-electron chi connectivity index (χ0n) is 9.80. The number of ether oxygens (including phenoxy) is 1. The monoisotopic (exact) mass is 249 g/mol. The minimum absolute atomic E-state index is 0.0111. The van der Waals surface area contributed by atoms with Crippen molar-refractivity contribution in [3.8, 4) is 23.0 Å². The summed E-state index contributed by atoms with van der Waals surface area (Å²) in [6, 6.07) is 4.51. The Kier molecular flexibility index (Phi) is 2.93. The van der Waals surface area contributed by atoms with Crippen molar-refractivity contribution >= 4 is 5.97 Å². The highest BCUT2D eigenvalue weighted by Crippen LogP contribution is 2.31. The van der Waals surface area contributed by atoms with Crippen molar-refractivity contribution in [2.24, 2.45) is 0 Å². The Morgan fingerprint density at radius 1 is 1.44 bits per heavy atom. The third kappa shape index (κ3) is 2.00. The molecule has 0 bridgehead atoms. The fraction of sp³-hybridized carbons (Fsp3) is 0.167. The van der Waals surface area contributed by atoms with Gasteiger partial charge in [-0.05, 0) is 25.1 Å². The van der Waals surface area contributed by atoms with E-state index in [-0.39, 0.29) is 28.8 Å². The van der Waals surface area contributed by atoms with Gasteiger partial charge in [-0.15, -0.1) is 0 Å². The first-order chi connectivity index (χ1) is 8.52. The number of phenols is 1. The van der Waals surface area contributed by atoms with Gasteiger partial charge in [0.2, 0.25) is 5.89 Å². The second-order valence-electron chi connectivity index (χ2n) is 3.62. The van der Waals surface area contributed by atoms with E-state index in [9.17, 15) is 9.90 Å². The van der Waals surface area contributed by atoms with Crippen LogP contribution in [0.25, 0.3) is 11.5 Å². The van der Waals surface area contributed by atoms with E-state index in [1.807, 2.05) is 0 Å². The Bertz CT molecular complexity index is 603. The minimum Gasteiger partial charge on any atom is -0.504 e. The van der Waals surface area contributed by atoms with Crippen LogP contribution in [-0.4, -0.2) is 28.3 Å². The van der Waals surface area contributed by atoms with Gasteiger partial charge < -0.3 is 19.4 Å². The number of oxazole rings is 1. The Balaban J connectivity index is 2.49. The molecule has 1 heterocycles. The summed E-state index contributed by atoms with van der Waals surface area (Å²) in [5.41, 5.74) is 0.400. The highest BCUT2D eigenvalue weighted by Gasteiger charge is 2.17. The molecule has 94 valence electrons. The topological polar surface area (TPSA) is 92.8 Å². The molecule has 2 rings (SSSR count). The molecule has 0 aliphatic rings. The van der Waals surface area contributed by atoms with Gasteiger partial charge in [-0.25, -0.2) is 9.78 Å². The first kappa shape index (κ1) is 12.0. The highest BCUT2D eigenvalue weighted by molar-refractivity contribution is 5.87. The number of nitrogens with zero attached hydrogens (tertiary/aromatic N) is 1. The molecule has 1 aromatic heterocycles. The maximum atomic E-state index is 10.9. The average Bonchev–Trinajstić information content (AvgIpc) is 2.72. The van der Waals surface area contributed by atoms with Gasteiger partial charge in [0, 0.05) is 5.56 Å². The fourth-order valence-electron chi connectivity index (χ4n) is 1.53. The molecular weight excluding hydrogens is 238 g/mol. The highest BCUT2D eigenvalue weighted by atomic mass is 16.5. The molecule has 0 aliphatic heterocycles. The maximum absolute atomic E-state index is 10.9. The molecule has 0 unspecified atom stereocenters. The number of hydrogen-bond donors (Lipinski definition) is 2. The van der Waals surface area contributed by atoms with E-state index in [0.29, 0.717) is 5.56 Å². The molecule has 0 amide bonds. The van der Waals surface area contributed by atoms with Crippen molar-refractivity contribution in [3.05, 3.63) is 29.7 Å². The van der Waals surface area contributed by atoms with Gasteiger partial charge in [0.15, 0.2) is 17.2 Å². The van der Waals surface area contributed by atoms with Crippen LogP contribution < -0.4 is 4.74 Å². The lowest BCUT2D eigenvalue weighted by Gasteiger charge is -2.03. The van der Waals surface area contributed by atoms with Crippen LogP contribution in [0.15, 0.2) is 22.6 Å². The van der Waals surface area contributed by atoms with E-state index in [0.717, 1.165) is 0 Å². The van der Waals surface area contributed by atoms with Crippen molar-refractivity contribution in [2.45, 2.75) is 6.92 Å². The fourth-order valence-corrected chi connectivity index (χ4v) is 1.53. The number of methoxy groups -OCH3 is 1. The van der Waals surface area contributed by atoms with E-state index in [1.54, 1.807) is 6.07 Å². The number of carbonyl (C=O) groups is 1. The Morgan fingerprint density at radius 2 is 2.17 bits per heavy atom. The number of benzene rings is 1. The lowest BCUT2D eigenvalue weighted by atomic mass is 10.2. The largest absolute Gasteiger partial charge is 0.504 e. The predicted octanol–water partition coefficient (Wildman–Crippen LogP) is 2.06. The van der Waals surface area contributed by atoms with E-state index in [2.05, 4.69) is 4.98 Å². The van der Waals surface area contributed by atoms with Crippen LogP contribution in [0.1, 0.15) is 16.2 Å². The molecule has 0 fully saturated rings. The number of carboxylic acids is 1. The standard InChI is InChI=1S/C12H11NO5/c1-6-10(12(15)16)13-11(18-6)7-3-4-8(14)9(5-7)17-2/h3-5,14H,1-2H3,(H,15,16). The number of aromatic carboxylic acids is 1. The molecule has 18 heavy (non-hydrogen) atoms. The lowest BCUT2D eigenvalue weighted by molar-refractivity contribution is 0.0689. The van der Waals surface area contributed by atoms with Gasteiger partial charge >= 0.3 is 5.97 Å². The summed E-state index contributed by atoms with van der Waals surface area (Å²) in [5.74, 6) is -0.496. The first-order valence-electron chi connectivity index (χ1n) is 5.11. The number of aryl methyl sites for hydroxylation is 1. The smallest absolute Gasteiger partial charge is 0.358 e. The molecule has 0 saturated carbocycles. The van der Waals surface area contributed by atoms with Crippen molar-refractivity contribution in [2.75, 3.05) is 7.11 Å². The molecule has 2 N–H and O–H groups in total. The van der Waals surface area contributed by atoms with Crippen LogP contribution in [0.5, 0.6) is 11.5 Å². The van der Waals surface area contributed by atoms with Gasteiger partial charge in [0.05, 0.1) is 7.11 Å². The molecule has 0 spiro atoms. The number of aromatic nitrogens is 1. The molecule has 0 atom stereocenters. The summed E-state index contributed by atoms with van der Waals surface area (Å²) >= 11 is 0. The van der Waals surface area contributed by atoms with Crippen LogP contribution in [-0.2, 0) is 0 Å². The number of aromatic hydroxyl groups is 1. The summed E-state index contributed by atoms with van der Waals surface area (Å²) in [7, 11) is 1.42. The van der Waals surface area contributed by atoms with Crippen molar-refractivity contribution in [1.29, 1.82) is 0 Å². The van der Waals surface area contributed by atoms with E-state index in [1.165, 1.54) is 26.2 Å². The van der Waals surface area contributed by atoms with Crippen LogP contribution in [0.4, 0.5) is 0 Å². The van der Waals surface area contributed by atoms with Gasteiger partial charge in [-0.3, -0.25) is 0 Å². The van der Waals surface area contributed by atoms with Crippen LogP contribution in [0.2, 0.25) is 0 Å². The number of hydrogen-bond acceptors (Lipinski definition) is 5. The lowest BCUT2D eigenvalue weighted by Crippen LogP contribution is -1.98. The van der Waals surface area contributed by atoms with Gasteiger partial charge in [0.25, 0.3) is 0 Å². The second-order valence-corrected chi connectivity index (χ2v) is 3.62. The Labute approximate surface area is 102 Å². The molecule has 0 radical (unpaired) electrons. The van der Waals surface area contributed by atoms with E-state index < -0.39 is 5.97 Å². The number of rotatable bonds is 3. The minimum atomic E-state index is -1.15. The molecule has 2 aromatic rings. The number of phenolic OH excluding ortho intramolecular Hbond substituents is 1. The summed E-state index contributed by atoms with van der Waals surface area (Å²) < 4.78 is 10.2. The van der Waals surface area contributed by atoms with Gasteiger partial charge in [-0.1, -0.05) is 0 Å². The van der Waals surface area contributed by atoms with Crippen molar-refractivity contribution in [1.82, 2.24) is 4.98 Å². The molecular formula is C12H11NO5. The number of carboxylic acid groups (broad SMARTS) is 1. The van der Waals surface area contributed by atoms with E-state index in [4.69, 9.17) is 14.3 Å². The van der Waals surface area contributed by atoms with Crippen LogP contribution in [0.3, 0.4) is 0 Å². The summed E-state index contributed by atoms with van der Waals surface area (Å²) in [4.78, 5) is 14.7. The molecule has 6 heteroatoms. The summed E-state index contributed by atoms with van der Waals surface area (Å²) in [5, 5.41) is 18.3. The molecule has 0 aliphatic carbocycles. The molecule has 1 aromatic carbocycles. The van der Waals surface area contributed by atoms with Gasteiger partial charge in [-0.2, -0.15) is 0 Å². The maximum Gasteiger partial charge on any atom is 0.358 e. The predicted molar refractivity (Wildman–Crippen MR) is 61.9 cm³/mol. The quantitative estimate of drug-likeness (QED) is 0.864. The molecule has 6 nitrogen and oxygen atoms in total.